The van der Waals surface area contributed by atoms with E-state index in [4.69, 9.17) is 4.98 Å². The summed E-state index contributed by atoms with van der Waals surface area (Å²) in [4.78, 5) is 34.7. The first-order chi connectivity index (χ1) is 17.1. The molecule has 2 N–H and O–H groups in total. The SMILES string of the molecule is CNC(=O)c1ccccc1NC(=O)c1cc(-c2ccccc2)nc2c1cnn2Cc1ccncc1. The Kier molecular flexibility index (Phi) is 6.00. The fraction of sp³-hybridized carbons (Fsp3) is 0.0741. The molecule has 2 aromatic carbocycles. The summed E-state index contributed by atoms with van der Waals surface area (Å²) >= 11 is 0. The lowest BCUT2D eigenvalue weighted by Gasteiger charge is -2.12. The van der Waals surface area contributed by atoms with Crippen LogP contribution in [0, 0.1) is 0 Å². The van der Waals surface area contributed by atoms with E-state index in [0.29, 0.717) is 40.1 Å². The summed E-state index contributed by atoms with van der Waals surface area (Å²) in [5.41, 5.74) is 4.36. The molecule has 0 spiro atoms. The van der Waals surface area contributed by atoms with E-state index in [2.05, 4.69) is 20.7 Å². The topological polar surface area (TPSA) is 102 Å². The van der Waals surface area contributed by atoms with Crippen LogP contribution < -0.4 is 10.6 Å². The van der Waals surface area contributed by atoms with Gasteiger partial charge in [0.1, 0.15) is 0 Å². The normalized spacial score (nSPS) is 10.8. The largest absolute Gasteiger partial charge is 0.355 e. The first-order valence-electron chi connectivity index (χ1n) is 11.1. The van der Waals surface area contributed by atoms with Crippen molar-refractivity contribution in [2.45, 2.75) is 6.54 Å². The number of anilines is 1. The molecule has 8 nitrogen and oxygen atoms in total. The van der Waals surface area contributed by atoms with Crippen molar-refractivity contribution < 1.29 is 9.59 Å². The Morgan fingerprint density at radius 1 is 0.886 bits per heavy atom. The van der Waals surface area contributed by atoms with Gasteiger partial charge in [0.15, 0.2) is 5.65 Å². The molecule has 8 heteroatoms. The molecule has 5 rings (SSSR count). The molecule has 0 aliphatic heterocycles. The van der Waals surface area contributed by atoms with Gasteiger partial charge in [-0.25, -0.2) is 9.67 Å². The second-order valence-electron chi connectivity index (χ2n) is 7.89. The molecule has 0 fully saturated rings. The minimum atomic E-state index is -0.352. The summed E-state index contributed by atoms with van der Waals surface area (Å²) in [5.74, 6) is -0.634. The van der Waals surface area contributed by atoms with Gasteiger partial charge in [0.05, 0.1) is 40.6 Å². The van der Waals surface area contributed by atoms with Crippen molar-refractivity contribution in [3.63, 3.8) is 0 Å². The number of benzene rings is 2. The van der Waals surface area contributed by atoms with Crippen molar-refractivity contribution in [3.8, 4) is 11.3 Å². The molecule has 5 aromatic rings. The zero-order chi connectivity index (χ0) is 24.2. The lowest BCUT2D eigenvalue weighted by molar-refractivity contribution is 0.0964. The Balaban J connectivity index is 1.60. The minimum absolute atomic E-state index is 0.282. The number of rotatable bonds is 6. The maximum Gasteiger partial charge on any atom is 0.256 e. The monoisotopic (exact) mass is 462 g/mol. The number of para-hydroxylation sites is 1. The Bertz CT molecular complexity index is 1510. The van der Waals surface area contributed by atoms with Crippen molar-refractivity contribution in [2.24, 2.45) is 0 Å². The summed E-state index contributed by atoms with van der Waals surface area (Å²) in [5, 5.41) is 10.6. The Hall–Kier alpha value is -4.85. The second kappa shape index (κ2) is 9.56. The average Bonchev–Trinajstić information content (AvgIpc) is 3.31. The number of carbonyl (C=O) groups is 2. The van der Waals surface area contributed by atoms with Crippen LogP contribution in [0.15, 0.2) is 91.4 Å². The number of pyridine rings is 2. The third-order valence-corrected chi connectivity index (χ3v) is 5.65. The van der Waals surface area contributed by atoms with Gasteiger partial charge in [0, 0.05) is 25.0 Å². The molecular weight excluding hydrogens is 440 g/mol. The molecule has 0 aliphatic carbocycles. The van der Waals surface area contributed by atoms with E-state index in [1.165, 1.54) is 0 Å². The lowest BCUT2D eigenvalue weighted by Crippen LogP contribution is -2.21. The Morgan fingerprint density at radius 3 is 2.40 bits per heavy atom. The van der Waals surface area contributed by atoms with Gasteiger partial charge in [0.25, 0.3) is 11.8 Å². The highest BCUT2D eigenvalue weighted by atomic mass is 16.2. The van der Waals surface area contributed by atoms with Gasteiger partial charge in [-0.05, 0) is 35.9 Å². The van der Waals surface area contributed by atoms with Gasteiger partial charge in [0.2, 0.25) is 0 Å². The van der Waals surface area contributed by atoms with Crippen LogP contribution in [0.4, 0.5) is 5.69 Å². The van der Waals surface area contributed by atoms with Crippen LogP contribution in [0.25, 0.3) is 22.3 Å². The van der Waals surface area contributed by atoms with E-state index < -0.39 is 0 Å². The van der Waals surface area contributed by atoms with Gasteiger partial charge in [-0.1, -0.05) is 42.5 Å². The molecule has 0 bridgehead atoms. The maximum atomic E-state index is 13.5. The molecule has 0 saturated heterocycles. The molecular formula is C27H22N6O2. The summed E-state index contributed by atoms with van der Waals surface area (Å²) in [7, 11) is 1.55. The highest BCUT2D eigenvalue weighted by molar-refractivity contribution is 6.14. The maximum absolute atomic E-state index is 13.5. The van der Waals surface area contributed by atoms with Crippen LogP contribution in [-0.2, 0) is 6.54 Å². The number of aromatic nitrogens is 4. The number of carbonyl (C=O) groups excluding carboxylic acids is 2. The summed E-state index contributed by atoms with van der Waals surface area (Å²) < 4.78 is 1.77. The van der Waals surface area contributed by atoms with E-state index >= 15 is 0 Å². The molecule has 3 aromatic heterocycles. The average molecular weight is 463 g/mol. The number of hydrogen-bond acceptors (Lipinski definition) is 5. The van der Waals surface area contributed by atoms with Crippen molar-refractivity contribution >= 4 is 28.5 Å². The van der Waals surface area contributed by atoms with Crippen molar-refractivity contribution in [3.05, 3.63) is 108 Å². The fourth-order valence-corrected chi connectivity index (χ4v) is 3.88. The second-order valence-corrected chi connectivity index (χ2v) is 7.89. The summed E-state index contributed by atoms with van der Waals surface area (Å²) in [6.07, 6.45) is 5.11. The van der Waals surface area contributed by atoms with Crippen LogP contribution >= 0.6 is 0 Å². The predicted octanol–water partition coefficient (Wildman–Crippen LogP) is 4.15. The zero-order valence-corrected chi connectivity index (χ0v) is 19.0. The van der Waals surface area contributed by atoms with Gasteiger partial charge >= 0.3 is 0 Å². The van der Waals surface area contributed by atoms with E-state index in [-0.39, 0.29) is 11.8 Å². The van der Waals surface area contributed by atoms with Gasteiger partial charge < -0.3 is 10.6 Å². The van der Waals surface area contributed by atoms with E-state index in [0.717, 1.165) is 11.1 Å². The predicted molar refractivity (Wildman–Crippen MR) is 134 cm³/mol. The molecule has 0 unspecified atom stereocenters. The molecule has 3 heterocycles. The van der Waals surface area contributed by atoms with Crippen LogP contribution in [0.2, 0.25) is 0 Å². The van der Waals surface area contributed by atoms with E-state index in [9.17, 15) is 9.59 Å². The zero-order valence-electron chi connectivity index (χ0n) is 19.0. The molecule has 35 heavy (non-hydrogen) atoms. The number of nitrogens with one attached hydrogen (secondary N) is 2. The Labute approximate surface area is 201 Å². The standard InChI is InChI=1S/C27H22N6O2/c1-28-26(34)20-9-5-6-10-23(20)32-27(35)21-15-24(19-7-3-2-4-8-19)31-25-22(21)16-30-33(25)17-18-11-13-29-14-12-18/h2-16H,17H2,1H3,(H,28,34)(H,32,35). The van der Waals surface area contributed by atoms with Gasteiger partial charge in [-0.15, -0.1) is 0 Å². The summed E-state index contributed by atoms with van der Waals surface area (Å²) in [6.45, 7) is 0.484. The highest BCUT2D eigenvalue weighted by Gasteiger charge is 2.19. The van der Waals surface area contributed by atoms with Gasteiger partial charge in [-0.3, -0.25) is 14.6 Å². The lowest BCUT2D eigenvalue weighted by atomic mass is 10.1. The van der Waals surface area contributed by atoms with Crippen LogP contribution in [0.5, 0.6) is 0 Å². The number of hydrogen-bond donors (Lipinski definition) is 2. The number of nitrogens with zero attached hydrogens (tertiary/aromatic N) is 4. The van der Waals surface area contributed by atoms with Crippen molar-refractivity contribution in [1.82, 2.24) is 25.1 Å². The van der Waals surface area contributed by atoms with Crippen molar-refractivity contribution in [1.29, 1.82) is 0 Å². The first-order valence-corrected chi connectivity index (χ1v) is 11.1. The Morgan fingerprint density at radius 2 is 1.63 bits per heavy atom. The minimum Gasteiger partial charge on any atom is -0.355 e. The molecule has 172 valence electrons. The summed E-state index contributed by atoms with van der Waals surface area (Å²) in [6, 6.07) is 22.1. The van der Waals surface area contributed by atoms with Gasteiger partial charge in [-0.2, -0.15) is 5.10 Å². The number of fused-ring (bicyclic) bond motifs is 1. The van der Waals surface area contributed by atoms with E-state index in [1.54, 1.807) is 60.7 Å². The van der Waals surface area contributed by atoms with Crippen LogP contribution in [-0.4, -0.2) is 38.6 Å². The van der Waals surface area contributed by atoms with Crippen LogP contribution in [0.3, 0.4) is 0 Å². The van der Waals surface area contributed by atoms with Crippen LogP contribution in [0.1, 0.15) is 26.3 Å². The molecule has 0 aliphatic rings. The molecule has 0 saturated carbocycles. The molecule has 0 atom stereocenters. The third-order valence-electron chi connectivity index (χ3n) is 5.65. The number of amides is 2. The molecule has 2 amide bonds. The van der Waals surface area contributed by atoms with E-state index in [1.807, 2.05) is 42.5 Å². The molecule has 0 radical (unpaired) electrons. The fourth-order valence-electron chi connectivity index (χ4n) is 3.88. The smallest absolute Gasteiger partial charge is 0.256 e. The quantitative estimate of drug-likeness (QED) is 0.395. The highest BCUT2D eigenvalue weighted by Crippen LogP contribution is 2.26. The van der Waals surface area contributed by atoms with Crippen molar-refractivity contribution in [2.75, 3.05) is 12.4 Å². The first kappa shape index (κ1) is 22.0. The third kappa shape index (κ3) is 4.49.